The molecular formula is C21H32O5. The predicted octanol–water partition coefficient (Wildman–Crippen LogP) is 5.07. The summed E-state index contributed by atoms with van der Waals surface area (Å²) < 4.78 is 5.58. The smallest absolute Gasteiger partial charge is 0.303 e. The molecule has 146 valence electrons. The van der Waals surface area contributed by atoms with Crippen LogP contribution in [0.1, 0.15) is 76.2 Å². The Hall–Kier alpha value is -2.01. The summed E-state index contributed by atoms with van der Waals surface area (Å²) in [6.45, 7) is 2.18. The lowest BCUT2D eigenvalue weighted by Crippen LogP contribution is -1.98. The summed E-state index contributed by atoms with van der Waals surface area (Å²) in [6.07, 6.45) is 15.0. The average molecular weight is 364 g/mol. The molecule has 0 fully saturated rings. The number of carboxylic acids is 1. The highest BCUT2D eigenvalue weighted by Gasteiger charge is 2.09. The number of aliphatic carboxylic acids is 1. The molecule has 0 amide bonds. The van der Waals surface area contributed by atoms with Crippen molar-refractivity contribution >= 4 is 12.0 Å². The van der Waals surface area contributed by atoms with Gasteiger partial charge < -0.3 is 19.7 Å². The van der Waals surface area contributed by atoms with E-state index < -0.39 is 12.1 Å². The minimum Gasteiger partial charge on any atom is -0.504 e. The molecule has 5 heteroatoms. The fourth-order valence-corrected chi connectivity index (χ4v) is 2.59. The third kappa shape index (κ3) is 10.1. The lowest BCUT2D eigenvalue weighted by molar-refractivity contribution is -0.137. The molecule has 0 spiro atoms. The number of carboxylic acid groups (broad SMARTS) is 1. The molecule has 1 aromatic heterocycles. The van der Waals surface area contributed by atoms with E-state index in [9.17, 15) is 15.0 Å². The number of aryl methyl sites for hydroxylation is 1. The molecule has 0 aliphatic heterocycles. The summed E-state index contributed by atoms with van der Waals surface area (Å²) in [5, 5.41) is 28.4. The van der Waals surface area contributed by atoms with Gasteiger partial charge in [0.2, 0.25) is 0 Å². The van der Waals surface area contributed by atoms with Gasteiger partial charge in [-0.1, -0.05) is 44.4 Å². The highest BCUT2D eigenvalue weighted by molar-refractivity contribution is 5.66. The Bertz CT molecular complexity index is 571. The van der Waals surface area contributed by atoms with Gasteiger partial charge in [-0.25, -0.2) is 0 Å². The number of furan rings is 1. The topological polar surface area (TPSA) is 90.9 Å². The zero-order valence-electron chi connectivity index (χ0n) is 15.7. The summed E-state index contributed by atoms with van der Waals surface area (Å²) in [5.41, 5.74) is 0. The molecule has 1 aromatic rings. The third-order valence-electron chi connectivity index (χ3n) is 4.10. The fraction of sp³-hybridized carbons (Fsp3) is 0.571. The van der Waals surface area contributed by atoms with E-state index in [4.69, 9.17) is 9.52 Å². The van der Waals surface area contributed by atoms with Crippen molar-refractivity contribution in [3.05, 3.63) is 35.8 Å². The Morgan fingerprint density at radius 3 is 2.73 bits per heavy atom. The highest BCUT2D eigenvalue weighted by Crippen LogP contribution is 2.25. The van der Waals surface area contributed by atoms with Gasteiger partial charge in [0.15, 0.2) is 5.75 Å². The Morgan fingerprint density at radius 1 is 1.19 bits per heavy atom. The standard InChI is InChI=1S/C21H32O5/c1-2-3-4-5-6-8-11-17(22)14-15-18-16-19(23)20(26-18)12-9-7-10-13-21(24)25/h6,8,14-17,22-23H,2-5,7,9-13H2,1H3,(H,24,25)/t17-/m0/s1. The van der Waals surface area contributed by atoms with Crippen LogP contribution >= 0.6 is 0 Å². The van der Waals surface area contributed by atoms with Crippen LogP contribution in [0.4, 0.5) is 0 Å². The third-order valence-corrected chi connectivity index (χ3v) is 4.10. The highest BCUT2D eigenvalue weighted by atomic mass is 16.4. The molecule has 1 rings (SSSR count). The van der Waals surface area contributed by atoms with Crippen molar-refractivity contribution in [1.82, 2.24) is 0 Å². The normalized spacial score (nSPS) is 13.0. The van der Waals surface area contributed by atoms with E-state index in [1.54, 1.807) is 12.2 Å². The molecule has 26 heavy (non-hydrogen) atoms. The van der Waals surface area contributed by atoms with Crippen LogP contribution in [-0.4, -0.2) is 27.4 Å². The molecule has 0 aromatic carbocycles. The second kappa shape index (κ2) is 13.2. The second-order valence-corrected chi connectivity index (χ2v) is 6.54. The maximum atomic E-state index is 10.5. The van der Waals surface area contributed by atoms with Crippen molar-refractivity contribution in [3.63, 3.8) is 0 Å². The van der Waals surface area contributed by atoms with Crippen LogP contribution in [-0.2, 0) is 11.2 Å². The molecule has 0 aliphatic rings. The molecule has 0 saturated heterocycles. The number of aromatic hydroxyl groups is 1. The quantitative estimate of drug-likeness (QED) is 0.316. The van der Waals surface area contributed by atoms with Gasteiger partial charge in [-0.2, -0.15) is 0 Å². The van der Waals surface area contributed by atoms with E-state index in [1.165, 1.54) is 25.3 Å². The molecule has 3 N–H and O–H groups in total. The molecule has 5 nitrogen and oxygen atoms in total. The summed E-state index contributed by atoms with van der Waals surface area (Å²) in [5.74, 6) is 0.333. The van der Waals surface area contributed by atoms with Gasteiger partial charge in [0, 0.05) is 18.9 Å². The van der Waals surface area contributed by atoms with Crippen molar-refractivity contribution in [1.29, 1.82) is 0 Å². The largest absolute Gasteiger partial charge is 0.504 e. The number of rotatable bonds is 14. The lowest BCUT2D eigenvalue weighted by Gasteiger charge is -2.00. The van der Waals surface area contributed by atoms with E-state index >= 15 is 0 Å². The Morgan fingerprint density at radius 2 is 2.00 bits per heavy atom. The zero-order valence-corrected chi connectivity index (χ0v) is 15.7. The Kier molecular flexibility index (Phi) is 11.2. The van der Waals surface area contributed by atoms with Gasteiger partial charge in [0.05, 0.1) is 6.10 Å². The minimum atomic E-state index is -0.785. The van der Waals surface area contributed by atoms with Crippen LogP contribution in [0.5, 0.6) is 5.75 Å². The van der Waals surface area contributed by atoms with Crippen LogP contribution in [0.25, 0.3) is 6.08 Å². The summed E-state index contributed by atoms with van der Waals surface area (Å²) in [4.78, 5) is 10.5. The van der Waals surface area contributed by atoms with Crippen LogP contribution in [0.2, 0.25) is 0 Å². The number of unbranched alkanes of at least 4 members (excludes halogenated alkanes) is 5. The van der Waals surface area contributed by atoms with E-state index in [0.29, 0.717) is 30.8 Å². The van der Waals surface area contributed by atoms with Gasteiger partial charge >= 0.3 is 5.97 Å². The zero-order chi connectivity index (χ0) is 19.2. The van der Waals surface area contributed by atoms with Crippen molar-refractivity contribution in [2.24, 2.45) is 0 Å². The van der Waals surface area contributed by atoms with E-state index in [2.05, 4.69) is 13.0 Å². The van der Waals surface area contributed by atoms with Crippen LogP contribution in [0.15, 0.2) is 28.7 Å². The van der Waals surface area contributed by atoms with Gasteiger partial charge in [-0.3, -0.25) is 4.79 Å². The predicted molar refractivity (Wildman–Crippen MR) is 103 cm³/mol. The number of carbonyl (C=O) groups is 1. The Labute approximate surface area is 156 Å². The van der Waals surface area contributed by atoms with Crippen molar-refractivity contribution in [2.75, 3.05) is 0 Å². The first-order chi connectivity index (χ1) is 12.5. The first kappa shape index (κ1) is 22.0. The fourth-order valence-electron chi connectivity index (χ4n) is 2.59. The maximum Gasteiger partial charge on any atom is 0.303 e. The maximum absolute atomic E-state index is 10.5. The minimum absolute atomic E-state index is 0.105. The molecule has 0 saturated carbocycles. The first-order valence-electron chi connectivity index (χ1n) is 9.57. The van der Waals surface area contributed by atoms with Gasteiger partial charge in [-0.05, 0) is 38.2 Å². The van der Waals surface area contributed by atoms with E-state index in [0.717, 1.165) is 19.3 Å². The van der Waals surface area contributed by atoms with Gasteiger partial charge in [-0.15, -0.1) is 0 Å². The summed E-state index contributed by atoms with van der Waals surface area (Å²) in [6, 6.07) is 1.54. The van der Waals surface area contributed by atoms with E-state index in [1.807, 2.05) is 6.08 Å². The average Bonchev–Trinajstić information content (AvgIpc) is 2.95. The number of aliphatic hydroxyl groups excluding tert-OH is 1. The molecule has 0 unspecified atom stereocenters. The first-order valence-corrected chi connectivity index (χ1v) is 9.57. The second-order valence-electron chi connectivity index (χ2n) is 6.54. The van der Waals surface area contributed by atoms with Crippen molar-refractivity contribution in [2.45, 2.75) is 77.2 Å². The Balaban J connectivity index is 2.33. The number of hydrogen-bond donors (Lipinski definition) is 3. The van der Waals surface area contributed by atoms with Crippen LogP contribution < -0.4 is 0 Å². The lowest BCUT2D eigenvalue weighted by atomic mass is 10.1. The number of allylic oxidation sites excluding steroid dienone is 1. The molecular weight excluding hydrogens is 332 g/mol. The van der Waals surface area contributed by atoms with E-state index in [-0.39, 0.29) is 12.2 Å². The van der Waals surface area contributed by atoms with Crippen molar-refractivity contribution < 1.29 is 24.5 Å². The number of aliphatic hydroxyl groups is 1. The molecule has 0 bridgehead atoms. The molecule has 1 atom stereocenters. The summed E-state index contributed by atoms with van der Waals surface area (Å²) in [7, 11) is 0. The van der Waals surface area contributed by atoms with Crippen molar-refractivity contribution in [3.8, 4) is 5.75 Å². The monoisotopic (exact) mass is 364 g/mol. The molecule has 0 aliphatic carbocycles. The van der Waals surface area contributed by atoms with Gasteiger partial charge in [0.1, 0.15) is 11.5 Å². The van der Waals surface area contributed by atoms with Crippen LogP contribution in [0.3, 0.4) is 0 Å². The van der Waals surface area contributed by atoms with Gasteiger partial charge in [0.25, 0.3) is 0 Å². The molecule has 1 heterocycles. The SMILES string of the molecule is CCCCCC=CC[C@H](O)C=Cc1cc(O)c(CCCCCC(=O)O)o1. The molecule has 0 radical (unpaired) electrons. The van der Waals surface area contributed by atoms with Crippen LogP contribution in [0, 0.1) is 0 Å². The summed E-state index contributed by atoms with van der Waals surface area (Å²) >= 11 is 0. The number of hydrogen-bond acceptors (Lipinski definition) is 4.